The number of nitro groups is 1. The Labute approximate surface area is 141 Å². The SMILES string of the molecule is O=C(OCc1ccccc1)[C@@H]1COC(c2ccc([N+](=O)[O-])c(F)c2)=N1. The molecule has 25 heavy (non-hydrogen) atoms. The van der Waals surface area contributed by atoms with Crippen LogP contribution in [0.25, 0.3) is 0 Å². The Kier molecular flexibility index (Phi) is 4.69. The molecule has 0 N–H and O–H groups in total. The third kappa shape index (κ3) is 3.79. The molecule has 1 aliphatic heterocycles. The van der Waals surface area contributed by atoms with E-state index < -0.39 is 28.4 Å². The summed E-state index contributed by atoms with van der Waals surface area (Å²) in [4.78, 5) is 25.9. The van der Waals surface area contributed by atoms with Gasteiger partial charge in [-0.1, -0.05) is 30.3 Å². The number of esters is 1. The van der Waals surface area contributed by atoms with Crippen LogP contribution in [0.4, 0.5) is 10.1 Å². The topological polar surface area (TPSA) is 91.0 Å². The number of hydrogen-bond acceptors (Lipinski definition) is 6. The zero-order valence-corrected chi connectivity index (χ0v) is 12.9. The van der Waals surface area contributed by atoms with Gasteiger partial charge in [-0.3, -0.25) is 10.1 Å². The molecular weight excluding hydrogens is 331 g/mol. The summed E-state index contributed by atoms with van der Waals surface area (Å²) in [5, 5.41) is 10.6. The van der Waals surface area contributed by atoms with Crippen molar-refractivity contribution in [3.05, 3.63) is 75.6 Å². The van der Waals surface area contributed by atoms with Crippen LogP contribution in [0, 0.1) is 15.9 Å². The Hall–Kier alpha value is -3.29. The zero-order chi connectivity index (χ0) is 17.8. The second-order valence-electron chi connectivity index (χ2n) is 5.28. The van der Waals surface area contributed by atoms with Gasteiger partial charge in [-0.25, -0.2) is 9.79 Å². The number of carbonyl (C=O) groups is 1. The number of halogens is 1. The van der Waals surface area contributed by atoms with E-state index in [2.05, 4.69) is 4.99 Å². The molecule has 128 valence electrons. The first-order valence-corrected chi connectivity index (χ1v) is 7.40. The molecule has 0 amide bonds. The average Bonchev–Trinajstić information content (AvgIpc) is 3.10. The number of carbonyl (C=O) groups excluding carboxylic acids is 1. The van der Waals surface area contributed by atoms with Crippen molar-refractivity contribution in [1.29, 1.82) is 0 Å². The normalized spacial score (nSPS) is 16.0. The Morgan fingerprint density at radius 3 is 2.76 bits per heavy atom. The summed E-state index contributed by atoms with van der Waals surface area (Å²) in [6.45, 7) is 0.0920. The van der Waals surface area contributed by atoms with Gasteiger partial charge in [-0.2, -0.15) is 4.39 Å². The van der Waals surface area contributed by atoms with Crippen LogP contribution < -0.4 is 0 Å². The summed E-state index contributed by atoms with van der Waals surface area (Å²) in [6, 6.07) is 11.6. The second-order valence-corrected chi connectivity index (χ2v) is 5.28. The molecule has 2 aromatic carbocycles. The van der Waals surface area contributed by atoms with Gasteiger partial charge in [0.2, 0.25) is 11.7 Å². The summed E-state index contributed by atoms with van der Waals surface area (Å²) < 4.78 is 24.1. The molecule has 0 spiro atoms. The van der Waals surface area contributed by atoms with Gasteiger partial charge >= 0.3 is 11.7 Å². The van der Waals surface area contributed by atoms with Crippen LogP contribution in [0.1, 0.15) is 11.1 Å². The van der Waals surface area contributed by atoms with Crippen molar-refractivity contribution in [2.24, 2.45) is 4.99 Å². The number of hydrogen-bond donors (Lipinski definition) is 0. The summed E-state index contributed by atoms with van der Waals surface area (Å²) >= 11 is 0. The van der Waals surface area contributed by atoms with Crippen molar-refractivity contribution in [1.82, 2.24) is 0 Å². The van der Waals surface area contributed by atoms with E-state index in [9.17, 15) is 19.3 Å². The van der Waals surface area contributed by atoms with Crippen LogP contribution in [-0.4, -0.2) is 29.4 Å². The van der Waals surface area contributed by atoms with Crippen LogP contribution in [0.15, 0.2) is 53.5 Å². The summed E-state index contributed by atoms with van der Waals surface area (Å²) in [7, 11) is 0. The van der Waals surface area contributed by atoms with E-state index in [1.807, 2.05) is 30.3 Å². The molecule has 3 rings (SSSR count). The fourth-order valence-electron chi connectivity index (χ4n) is 2.27. The molecule has 0 fully saturated rings. The highest BCUT2D eigenvalue weighted by molar-refractivity contribution is 5.97. The molecule has 2 aromatic rings. The van der Waals surface area contributed by atoms with Gasteiger partial charge in [0.25, 0.3) is 0 Å². The summed E-state index contributed by atoms with van der Waals surface area (Å²) in [5.41, 5.74) is 0.430. The van der Waals surface area contributed by atoms with Gasteiger partial charge in [0, 0.05) is 11.6 Å². The lowest BCUT2D eigenvalue weighted by Gasteiger charge is -2.06. The fourth-order valence-corrected chi connectivity index (χ4v) is 2.27. The molecule has 0 radical (unpaired) electrons. The van der Waals surface area contributed by atoms with Gasteiger partial charge in [-0.15, -0.1) is 0 Å². The minimum Gasteiger partial charge on any atom is -0.475 e. The molecule has 1 aliphatic rings. The first kappa shape index (κ1) is 16.6. The van der Waals surface area contributed by atoms with Crippen molar-refractivity contribution in [2.45, 2.75) is 12.6 Å². The van der Waals surface area contributed by atoms with Crippen molar-refractivity contribution < 1.29 is 23.6 Å². The quantitative estimate of drug-likeness (QED) is 0.472. The van der Waals surface area contributed by atoms with Gasteiger partial charge in [0.05, 0.1) is 4.92 Å². The van der Waals surface area contributed by atoms with E-state index in [1.165, 1.54) is 6.07 Å². The number of rotatable bonds is 5. The summed E-state index contributed by atoms with van der Waals surface area (Å²) in [6.07, 6.45) is 0. The molecule has 0 unspecified atom stereocenters. The highest BCUT2D eigenvalue weighted by Gasteiger charge is 2.29. The molecule has 0 saturated carbocycles. The Morgan fingerprint density at radius 1 is 1.32 bits per heavy atom. The minimum atomic E-state index is -0.996. The third-order valence-corrected chi connectivity index (χ3v) is 3.54. The Bertz CT molecular complexity index is 838. The number of benzene rings is 2. The molecule has 0 saturated heterocycles. The molecule has 1 atom stereocenters. The number of aliphatic imine (C=N–C) groups is 1. The van der Waals surface area contributed by atoms with Crippen LogP contribution in [0.3, 0.4) is 0 Å². The van der Waals surface area contributed by atoms with Crippen LogP contribution in [-0.2, 0) is 20.9 Å². The first-order valence-electron chi connectivity index (χ1n) is 7.40. The second kappa shape index (κ2) is 7.08. The minimum absolute atomic E-state index is 0.0262. The van der Waals surface area contributed by atoms with Gasteiger partial charge in [0.15, 0.2) is 6.04 Å². The van der Waals surface area contributed by atoms with Crippen LogP contribution in [0.2, 0.25) is 0 Å². The van der Waals surface area contributed by atoms with Crippen LogP contribution in [0.5, 0.6) is 0 Å². The molecular formula is C17H13FN2O5. The van der Waals surface area contributed by atoms with E-state index in [-0.39, 0.29) is 24.7 Å². The molecule has 7 nitrogen and oxygen atoms in total. The Morgan fingerprint density at radius 2 is 2.08 bits per heavy atom. The lowest BCUT2D eigenvalue weighted by molar-refractivity contribution is -0.387. The predicted molar refractivity (Wildman–Crippen MR) is 85.6 cm³/mol. The maximum absolute atomic E-state index is 13.7. The maximum Gasteiger partial charge on any atom is 0.334 e. The largest absolute Gasteiger partial charge is 0.475 e. The maximum atomic E-state index is 13.7. The molecule has 0 aromatic heterocycles. The monoisotopic (exact) mass is 344 g/mol. The highest BCUT2D eigenvalue weighted by Crippen LogP contribution is 2.21. The third-order valence-electron chi connectivity index (χ3n) is 3.54. The van der Waals surface area contributed by atoms with E-state index >= 15 is 0 Å². The predicted octanol–water partition coefficient (Wildman–Crippen LogP) is 2.62. The van der Waals surface area contributed by atoms with Crippen LogP contribution >= 0.6 is 0 Å². The molecule has 0 aliphatic carbocycles. The van der Waals surface area contributed by atoms with Crippen molar-refractivity contribution in [3.63, 3.8) is 0 Å². The zero-order valence-electron chi connectivity index (χ0n) is 12.9. The fraction of sp³-hybridized carbons (Fsp3) is 0.176. The van der Waals surface area contributed by atoms with Gasteiger partial charge in [0.1, 0.15) is 13.2 Å². The van der Waals surface area contributed by atoms with Gasteiger partial charge < -0.3 is 9.47 Å². The average molecular weight is 344 g/mol. The van der Waals surface area contributed by atoms with Crippen molar-refractivity contribution in [3.8, 4) is 0 Å². The smallest absolute Gasteiger partial charge is 0.334 e. The van der Waals surface area contributed by atoms with E-state index in [1.54, 1.807) is 0 Å². The standard InChI is InChI=1S/C17H13FN2O5/c18-13-8-12(6-7-15(13)20(22)23)16-19-14(10-24-16)17(21)25-9-11-4-2-1-3-5-11/h1-8,14H,9-10H2/t14-/m0/s1. The van der Waals surface area contributed by atoms with Crippen molar-refractivity contribution >= 4 is 17.6 Å². The van der Waals surface area contributed by atoms with E-state index in [0.717, 1.165) is 17.7 Å². The van der Waals surface area contributed by atoms with E-state index in [4.69, 9.17) is 9.47 Å². The molecule has 0 bridgehead atoms. The summed E-state index contributed by atoms with van der Waals surface area (Å²) in [5.74, 6) is -1.50. The first-order chi connectivity index (χ1) is 12.0. The molecule has 8 heteroatoms. The lowest BCUT2D eigenvalue weighted by atomic mass is 10.2. The van der Waals surface area contributed by atoms with E-state index in [0.29, 0.717) is 0 Å². The number of ether oxygens (including phenoxy) is 2. The van der Waals surface area contributed by atoms with Crippen molar-refractivity contribution in [2.75, 3.05) is 6.61 Å². The molecule has 1 heterocycles. The van der Waals surface area contributed by atoms with Gasteiger partial charge in [-0.05, 0) is 17.7 Å². The highest BCUT2D eigenvalue weighted by atomic mass is 19.1. The number of nitro benzene ring substituents is 1. The lowest BCUT2D eigenvalue weighted by Crippen LogP contribution is -2.22. The number of nitrogens with zero attached hydrogens (tertiary/aromatic N) is 2. The Balaban J connectivity index is 1.66.